The van der Waals surface area contributed by atoms with Gasteiger partial charge in [0.1, 0.15) is 0 Å². The maximum atomic E-state index is 13.5. The summed E-state index contributed by atoms with van der Waals surface area (Å²) in [6.45, 7) is 2.52. The molecule has 31 heavy (non-hydrogen) atoms. The van der Waals surface area contributed by atoms with Crippen LogP contribution in [0.2, 0.25) is 0 Å². The van der Waals surface area contributed by atoms with Gasteiger partial charge in [-0.2, -0.15) is 5.10 Å². The van der Waals surface area contributed by atoms with Crippen molar-refractivity contribution in [1.29, 1.82) is 0 Å². The van der Waals surface area contributed by atoms with E-state index in [0.717, 1.165) is 38.1 Å². The number of likely N-dealkylation sites (tertiary alicyclic amines) is 1. The van der Waals surface area contributed by atoms with Gasteiger partial charge in [-0.1, -0.05) is 67.1 Å². The zero-order valence-electron chi connectivity index (χ0n) is 18.1. The van der Waals surface area contributed by atoms with Crippen LogP contribution >= 0.6 is 0 Å². The molecule has 160 valence electrons. The van der Waals surface area contributed by atoms with Gasteiger partial charge >= 0.3 is 0 Å². The Morgan fingerprint density at radius 1 is 0.935 bits per heavy atom. The highest BCUT2D eigenvalue weighted by Gasteiger charge is 2.43. The van der Waals surface area contributed by atoms with E-state index in [-0.39, 0.29) is 17.9 Å². The van der Waals surface area contributed by atoms with Gasteiger partial charge in [0.05, 0.1) is 18.3 Å². The van der Waals surface area contributed by atoms with Gasteiger partial charge in [0, 0.05) is 5.92 Å². The number of benzene rings is 2. The van der Waals surface area contributed by atoms with Gasteiger partial charge in [0.15, 0.2) is 0 Å². The topological polar surface area (TPSA) is 35.9 Å². The lowest BCUT2D eigenvalue weighted by atomic mass is 9.77. The molecule has 1 saturated carbocycles. The van der Waals surface area contributed by atoms with E-state index in [1.54, 1.807) is 0 Å². The zero-order chi connectivity index (χ0) is 21.0. The fourth-order valence-electron chi connectivity index (χ4n) is 5.32. The largest absolute Gasteiger partial charge is 0.294 e. The predicted molar refractivity (Wildman–Crippen MR) is 126 cm³/mol. The molecule has 4 heteroatoms. The predicted octanol–water partition coefficient (Wildman–Crippen LogP) is 5.30. The van der Waals surface area contributed by atoms with Crippen molar-refractivity contribution in [3.8, 4) is 0 Å². The highest BCUT2D eigenvalue weighted by molar-refractivity contribution is 6.08. The van der Waals surface area contributed by atoms with Gasteiger partial charge in [-0.15, -0.1) is 0 Å². The lowest BCUT2D eigenvalue weighted by Crippen LogP contribution is -2.41. The number of carbonyl (C=O) groups is 1. The molecule has 0 unspecified atom stereocenters. The normalized spacial score (nSPS) is 25.4. The Hall–Kier alpha value is -2.72. The number of fused-ring (bicyclic) bond motifs is 1. The molecule has 2 aromatic rings. The number of hydrogen-bond acceptors (Lipinski definition) is 3. The SMILES string of the molecule is O=C(CN1CCCCC1)N1N=C2/C(=C/c3ccccc3)CCC[C@@H]2[C@H]1c1ccccc1. The standard InChI is InChI=1S/C27H31N3O/c31-25(20-29-17-8-3-9-18-29)30-27(22-13-6-2-7-14-22)24-16-10-15-23(26(24)28-30)19-21-11-4-1-5-12-21/h1-2,4-7,11-14,19,24,27H,3,8-10,15-18,20H2/b23-19+/t24-,27+/m0/s1. The van der Waals surface area contributed by atoms with Gasteiger partial charge in [-0.25, -0.2) is 5.01 Å². The van der Waals surface area contributed by atoms with Gasteiger partial charge in [-0.3, -0.25) is 9.69 Å². The number of hydrogen-bond donors (Lipinski definition) is 0. The molecule has 5 rings (SSSR count). The summed E-state index contributed by atoms with van der Waals surface area (Å²) < 4.78 is 0. The Labute approximate surface area is 185 Å². The first-order valence-electron chi connectivity index (χ1n) is 11.7. The molecular weight excluding hydrogens is 382 g/mol. The molecule has 2 heterocycles. The fraction of sp³-hybridized carbons (Fsp3) is 0.407. The van der Waals surface area contributed by atoms with Crippen molar-refractivity contribution < 1.29 is 4.79 Å². The molecule has 0 aromatic heterocycles. The van der Waals surface area contributed by atoms with E-state index >= 15 is 0 Å². The molecule has 1 aliphatic carbocycles. The third-order valence-corrected chi connectivity index (χ3v) is 6.85. The first-order chi connectivity index (χ1) is 15.3. The Kier molecular flexibility index (Phi) is 5.99. The molecule has 2 aliphatic heterocycles. The highest BCUT2D eigenvalue weighted by atomic mass is 16.2. The van der Waals surface area contributed by atoms with Crippen molar-refractivity contribution in [2.45, 2.75) is 44.6 Å². The van der Waals surface area contributed by atoms with Crippen LogP contribution in [0.25, 0.3) is 6.08 Å². The summed E-state index contributed by atoms with van der Waals surface area (Å²) in [4.78, 5) is 15.8. The maximum Gasteiger partial charge on any atom is 0.257 e. The van der Waals surface area contributed by atoms with E-state index in [9.17, 15) is 4.79 Å². The van der Waals surface area contributed by atoms with E-state index in [4.69, 9.17) is 5.10 Å². The van der Waals surface area contributed by atoms with Crippen molar-refractivity contribution in [2.24, 2.45) is 11.0 Å². The van der Waals surface area contributed by atoms with Crippen LogP contribution in [-0.4, -0.2) is 41.2 Å². The Balaban J connectivity index is 1.47. The monoisotopic (exact) mass is 413 g/mol. The molecule has 2 fully saturated rings. The third-order valence-electron chi connectivity index (χ3n) is 6.85. The van der Waals surface area contributed by atoms with Gasteiger partial charge in [-0.05, 0) is 68.0 Å². The molecule has 1 amide bonds. The summed E-state index contributed by atoms with van der Waals surface area (Å²) in [6.07, 6.45) is 9.18. The summed E-state index contributed by atoms with van der Waals surface area (Å²) in [5.74, 6) is 0.410. The molecule has 2 atom stereocenters. The number of allylic oxidation sites excluding steroid dienone is 1. The van der Waals surface area contributed by atoms with Crippen molar-refractivity contribution in [1.82, 2.24) is 9.91 Å². The summed E-state index contributed by atoms with van der Waals surface area (Å²) >= 11 is 0. The molecule has 3 aliphatic rings. The molecule has 0 radical (unpaired) electrons. The van der Waals surface area contributed by atoms with Crippen LogP contribution < -0.4 is 0 Å². The van der Waals surface area contributed by atoms with Gasteiger partial charge in [0.25, 0.3) is 5.91 Å². The summed E-state index contributed by atoms with van der Waals surface area (Å²) in [5.41, 5.74) is 4.81. The first-order valence-corrected chi connectivity index (χ1v) is 11.7. The summed E-state index contributed by atoms with van der Waals surface area (Å²) in [7, 11) is 0. The number of rotatable bonds is 4. The molecule has 0 bridgehead atoms. The van der Waals surface area contributed by atoms with Crippen LogP contribution in [-0.2, 0) is 4.79 Å². The number of nitrogens with zero attached hydrogens (tertiary/aromatic N) is 3. The zero-order valence-corrected chi connectivity index (χ0v) is 18.1. The van der Waals surface area contributed by atoms with Crippen LogP contribution in [0.1, 0.15) is 55.7 Å². The van der Waals surface area contributed by atoms with E-state index in [2.05, 4.69) is 59.5 Å². The molecule has 2 aromatic carbocycles. The van der Waals surface area contributed by atoms with Crippen LogP contribution in [0.3, 0.4) is 0 Å². The van der Waals surface area contributed by atoms with Crippen LogP contribution in [0.4, 0.5) is 0 Å². The highest BCUT2D eigenvalue weighted by Crippen LogP contribution is 2.44. The van der Waals surface area contributed by atoms with Crippen LogP contribution in [0.15, 0.2) is 71.3 Å². The lowest BCUT2D eigenvalue weighted by molar-refractivity contribution is -0.135. The lowest BCUT2D eigenvalue weighted by Gasteiger charge is -2.31. The van der Waals surface area contributed by atoms with Crippen molar-refractivity contribution in [2.75, 3.05) is 19.6 Å². The number of carbonyl (C=O) groups excluding carboxylic acids is 1. The molecule has 1 saturated heterocycles. The third kappa shape index (κ3) is 4.35. The smallest absolute Gasteiger partial charge is 0.257 e. The van der Waals surface area contributed by atoms with Crippen molar-refractivity contribution in [3.05, 3.63) is 77.4 Å². The quantitative estimate of drug-likeness (QED) is 0.682. The first kappa shape index (κ1) is 20.2. The fourth-order valence-corrected chi connectivity index (χ4v) is 5.32. The number of piperidine rings is 1. The van der Waals surface area contributed by atoms with Crippen molar-refractivity contribution in [3.63, 3.8) is 0 Å². The minimum Gasteiger partial charge on any atom is -0.294 e. The second-order valence-corrected chi connectivity index (χ2v) is 8.99. The number of amides is 1. The molecule has 4 nitrogen and oxygen atoms in total. The minimum absolute atomic E-state index is 0.00737. The number of hydrazone groups is 1. The summed E-state index contributed by atoms with van der Waals surface area (Å²) in [6, 6.07) is 21.0. The van der Waals surface area contributed by atoms with Crippen LogP contribution in [0, 0.1) is 5.92 Å². The van der Waals surface area contributed by atoms with Crippen LogP contribution in [0.5, 0.6) is 0 Å². The van der Waals surface area contributed by atoms with Crippen molar-refractivity contribution >= 4 is 17.7 Å². The average Bonchev–Trinajstić information content (AvgIpc) is 3.22. The second kappa shape index (κ2) is 9.19. The summed E-state index contributed by atoms with van der Waals surface area (Å²) in [5, 5.41) is 6.84. The van der Waals surface area contributed by atoms with Gasteiger partial charge in [0.2, 0.25) is 0 Å². The maximum absolute atomic E-state index is 13.5. The second-order valence-electron chi connectivity index (χ2n) is 8.99. The molecule has 0 N–H and O–H groups in total. The van der Waals surface area contributed by atoms with E-state index in [0.29, 0.717) is 6.54 Å². The average molecular weight is 414 g/mol. The molecular formula is C27H31N3O. The Bertz CT molecular complexity index is 960. The minimum atomic E-state index is 0.00737. The van der Waals surface area contributed by atoms with E-state index < -0.39 is 0 Å². The molecule has 0 spiro atoms. The van der Waals surface area contributed by atoms with E-state index in [1.807, 2.05) is 17.1 Å². The van der Waals surface area contributed by atoms with Gasteiger partial charge < -0.3 is 0 Å². The Morgan fingerprint density at radius 3 is 2.39 bits per heavy atom. The van der Waals surface area contributed by atoms with E-state index in [1.165, 1.54) is 36.0 Å². The Morgan fingerprint density at radius 2 is 1.65 bits per heavy atom.